The second-order valence-corrected chi connectivity index (χ2v) is 4.80. The first-order valence-electron chi connectivity index (χ1n) is 5.13. The largest absolute Gasteiger partial charge is 0.302 e. The van der Waals surface area contributed by atoms with E-state index in [0.29, 0.717) is 0 Å². The summed E-state index contributed by atoms with van der Waals surface area (Å²) in [6.45, 7) is 3.73. The van der Waals surface area contributed by atoms with Crippen molar-refractivity contribution in [3.05, 3.63) is 0 Å². The maximum absolute atomic E-state index is 5.74. The Kier molecular flexibility index (Phi) is 2.61. The fourth-order valence-corrected chi connectivity index (χ4v) is 3.11. The van der Waals surface area contributed by atoms with Crippen LogP contribution < -0.4 is 0 Å². The molecule has 0 aromatic heterocycles. The summed E-state index contributed by atoms with van der Waals surface area (Å²) in [7, 11) is 0. The van der Waals surface area contributed by atoms with E-state index < -0.39 is 0 Å². The molecule has 0 atom stereocenters. The van der Waals surface area contributed by atoms with Gasteiger partial charge < -0.3 is 4.90 Å². The summed E-state index contributed by atoms with van der Waals surface area (Å²) < 4.78 is 0. The number of halogens is 1. The maximum atomic E-state index is 5.74. The zero-order valence-electron chi connectivity index (χ0n) is 7.69. The van der Waals surface area contributed by atoms with Crippen molar-refractivity contribution < 1.29 is 0 Å². The van der Waals surface area contributed by atoms with Crippen LogP contribution in [0.15, 0.2) is 0 Å². The highest BCUT2D eigenvalue weighted by atomic mass is 35.5. The quantitative estimate of drug-likeness (QED) is 0.601. The normalized spacial score (nSPS) is 28.8. The molecule has 1 heterocycles. The number of hydrogen-bond acceptors (Lipinski definition) is 1. The van der Waals surface area contributed by atoms with Crippen LogP contribution in [0.1, 0.15) is 32.1 Å². The van der Waals surface area contributed by atoms with Crippen molar-refractivity contribution in [2.75, 3.05) is 25.5 Å². The lowest BCUT2D eigenvalue weighted by Gasteiger charge is -2.22. The van der Waals surface area contributed by atoms with Gasteiger partial charge in [0.2, 0.25) is 0 Å². The maximum Gasteiger partial charge on any atom is 0.0351 e. The average Bonchev–Trinajstić information content (AvgIpc) is 2.65. The van der Waals surface area contributed by atoms with Gasteiger partial charge in [0, 0.05) is 19.0 Å². The van der Waals surface area contributed by atoms with E-state index >= 15 is 0 Å². The highest BCUT2D eigenvalue weighted by Gasteiger charge is 2.39. The predicted molar refractivity (Wildman–Crippen MR) is 52.7 cm³/mol. The molecule has 0 amide bonds. The Morgan fingerprint density at radius 3 is 2.58 bits per heavy atom. The van der Waals surface area contributed by atoms with Gasteiger partial charge in [0.25, 0.3) is 0 Å². The summed E-state index contributed by atoms with van der Waals surface area (Å²) in [4.78, 5) is 2.54. The smallest absolute Gasteiger partial charge is 0.0351 e. The van der Waals surface area contributed by atoms with Crippen molar-refractivity contribution in [2.45, 2.75) is 32.1 Å². The highest BCUT2D eigenvalue weighted by Crippen LogP contribution is 2.45. The number of likely N-dealkylation sites (tertiary alicyclic amines) is 1. The van der Waals surface area contributed by atoms with E-state index in [0.717, 1.165) is 17.8 Å². The fourth-order valence-electron chi connectivity index (χ4n) is 2.87. The Bertz CT molecular complexity index is 152. The molecule has 1 saturated heterocycles. The first-order valence-corrected chi connectivity index (χ1v) is 5.66. The zero-order valence-corrected chi connectivity index (χ0v) is 8.45. The van der Waals surface area contributed by atoms with Crippen LogP contribution in [0.25, 0.3) is 0 Å². The first-order chi connectivity index (χ1) is 5.85. The third-order valence-corrected chi connectivity index (χ3v) is 3.75. The van der Waals surface area contributed by atoms with E-state index in [-0.39, 0.29) is 0 Å². The van der Waals surface area contributed by atoms with Crippen molar-refractivity contribution in [1.29, 1.82) is 0 Å². The molecule has 1 spiro atoms. The summed E-state index contributed by atoms with van der Waals surface area (Å²) in [6.07, 6.45) is 7.32. The van der Waals surface area contributed by atoms with Crippen molar-refractivity contribution in [3.63, 3.8) is 0 Å². The molecule has 0 aromatic carbocycles. The van der Waals surface area contributed by atoms with Gasteiger partial charge in [-0.15, -0.1) is 11.6 Å². The minimum absolute atomic E-state index is 0.728. The van der Waals surface area contributed by atoms with Crippen molar-refractivity contribution in [3.8, 4) is 0 Å². The van der Waals surface area contributed by atoms with Crippen LogP contribution in [0.4, 0.5) is 0 Å². The van der Waals surface area contributed by atoms with Crippen molar-refractivity contribution in [1.82, 2.24) is 4.90 Å². The van der Waals surface area contributed by atoms with Gasteiger partial charge in [-0.25, -0.2) is 0 Å². The summed E-state index contributed by atoms with van der Waals surface area (Å²) >= 11 is 5.74. The van der Waals surface area contributed by atoms with Crippen molar-refractivity contribution in [2.24, 2.45) is 5.41 Å². The zero-order chi connectivity index (χ0) is 8.44. The summed E-state index contributed by atoms with van der Waals surface area (Å²) in [5.41, 5.74) is 0.728. The number of hydrogen-bond donors (Lipinski definition) is 0. The molecular formula is C10H18ClN. The van der Waals surface area contributed by atoms with E-state index in [1.54, 1.807) is 0 Å². The molecule has 0 bridgehead atoms. The minimum atomic E-state index is 0.728. The van der Waals surface area contributed by atoms with E-state index in [1.165, 1.54) is 45.2 Å². The molecule has 2 aliphatic rings. The lowest BCUT2D eigenvalue weighted by atomic mass is 9.86. The topological polar surface area (TPSA) is 3.24 Å². The fraction of sp³-hybridized carbons (Fsp3) is 1.00. The molecule has 0 radical (unpaired) electrons. The van der Waals surface area contributed by atoms with Crippen molar-refractivity contribution >= 4 is 11.6 Å². The SMILES string of the molecule is ClCCN1CCC2(CCCC2)C1. The van der Waals surface area contributed by atoms with Gasteiger partial charge in [-0.3, -0.25) is 0 Å². The molecule has 2 heteroatoms. The van der Waals surface area contributed by atoms with Gasteiger partial charge in [0.05, 0.1) is 0 Å². The molecule has 0 unspecified atom stereocenters. The van der Waals surface area contributed by atoms with Gasteiger partial charge in [-0.1, -0.05) is 12.8 Å². The molecule has 1 aliphatic heterocycles. The standard InChI is InChI=1S/C10H18ClN/c11-6-8-12-7-5-10(9-12)3-1-2-4-10/h1-9H2. The van der Waals surface area contributed by atoms with Crippen LogP contribution in [0.5, 0.6) is 0 Å². The lowest BCUT2D eigenvalue weighted by molar-refractivity contribution is 0.270. The molecule has 0 N–H and O–H groups in total. The molecule has 12 heavy (non-hydrogen) atoms. The molecule has 70 valence electrons. The summed E-state index contributed by atoms with van der Waals surface area (Å²) in [5, 5.41) is 0. The molecule has 2 rings (SSSR count). The third kappa shape index (κ3) is 1.62. The molecule has 2 fully saturated rings. The summed E-state index contributed by atoms with van der Waals surface area (Å²) in [6, 6.07) is 0. The Hall–Kier alpha value is 0.250. The van der Waals surface area contributed by atoms with Crippen LogP contribution >= 0.6 is 11.6 Å². The van der Waals surface area contributed by atoms with E-state index in [1.807, 2.05) is 0 Å². The van der Waals surface area contributed by atoms with Crippen LogP contribution in [-0.4, -0.2) is 30.4 Å². The van der Waals surface area contributed by atoms with E-state index in [2.05, 4.69) is 4.90 Å². The molecular weight excluding hydrogens is 170 g/mol. The molecule has 1 saturated carbocycles. The highest BCUT2D eigenvalue weighted by molar-refractivity contribution is 6.18. The molecule has 0 aromatic rings. The molecule has 1 aliphatic carbocycles. The first kappa shape index (κ1) is 8.83. The lowest BCUT2D eigenvalue weighted by Crippen LogP contribution is -2.26. The van der Waals surface area contributed by atoms with E-state index in [9.17, 15) is 0 Å². The Labute approximate surface area is 80.1 Å². The van der Waals surface area contributed by atoms with Crippen LogP contribution in [-0.2, 0) is 0 Å². The van der Waals surface area contributed by atoms with Gasteiger partial charge >= 0.3 is 0 Å². The Morgan fingerprint density at radius 1 is 1.17 bits per heavy atom. The third-order valence-electron chi connectivity index (χ3n) is 3.58. The summed E-state index contributed by atoms with van der Waals surface area (Å²) in [5.74, 6) is 0.802. The monoisotopic (exact) mass is 187 g/mol. The second kappa shape index (κ2) is 3.55. The molecule has 1 nitrogen and oxygen atoms in total. The van der Waals surface area contributed by atoms with E-state index in [4.69, 9.17) is 11.6 Å². The number of nitrogens with zero attached hydrogens (tertiary/aromatic N) is 1. The Morgan fingerprint density at radius 2 is 1.92 bits per heavy atom. The van der Waals surface area contributed by atoms with Gasteiger partial charge in [0.15, 0.2) is 0 Å². The van der Waals surface area contributed by atoms with Gasteiger partial charge in [-0.05, 0) is 31.2 Å². The minimum Gasteiger partial charge on any atom is -0.302 e. The van der Waals surface area contributed by atoms with Crippen LogP contribution in [0.2, 0.25) is 0 Å². The Balaban J connectivity index is 1.88. The second-order valence-electron chi connectivity index (χ2n) is 4.42. The average molecular weight is 188 g/mol. The number of alkyl halides is 1. The predicted octanol–water partition coefficient (Wildman–Crippen LogP) is 2.49. The van der Waals surface area contributed by atoms with Crippen LogP contribution in [0.3, 0.4) is 0 Å². The van der Waals surface area contributed by atoms with Gasteiger partial charge in [0.1, 0.15) is 0 Å². The number of rotatable bonds is 2. The van der Waals surface area contributed by atoms with Gasteiger partial charge in [-0.2, -0.15) is 0 Å². The van der Waals surface area contributed by atoms with Crippen LogP contribution in [0, 0.1) is 5.41 Å².